The van der Waals surface area contributed by atoms with Gasteiger partial charge in [-0.3, -0.25) is 9.59 Å². The maximum Gasteiger partial charge on any atom is 0.246 e. The predicted molar refractivity (Wildman–Crippen MR) is 57.9 cm³/mol. The number of H-pyrrole nitrogens is 1. The van der Waals surface area contributed by atoms with Crippen LogP contribution < -0.4 is 10.2 Å². The minimum Gasteiger partial charge on any atom is -0.366 e. The van der Waals surface area contributed by atoms with Crippen molar-refractivity contribution in [2.75, 3.05) is 24.4 Å². The van der Waals surface area contributed by atoms with Crippen LogP contribution in [-0.2, 0) is 9.59 Å². The van der Waals surface area contributed by atoms with Crippen LogP contribution in [0.25, 0.3) is 0 Å². The number of likely N-dealkylation sites (N-methyl/N-ethyl adjacent to an activating group) is 1. The summed E-state index contributed by atoms with van der Waals surface area (Å²) in [6.45, 7) is -0.0484. The fraction of sp³-hybridized carbons (Fsp3) is 0.333. The smallest absolute Gasteiger partial charge is 0.246 e. The zero-order valence-electron chi connectivity index (χ0n) is 8.29. The highest BCUT2D eigenvalue weighted by molar-refractivity contribution is 6.27. The molecule has 2 N–H and O–H groups in total. The largest absolute Gasteiger partial charge is 0.366 e. The summed E-state index contributed by atoms with van der Waals surface area (Å²) in [6, 6.07) is 1.77. The second-order valence-corrected chi connectivity index (χ2v) is 3.20. The summed E-state index contributed by atoms with van der Waals surface area (Å²) in [7, 11) is 1.64. The molecule has 6 heteroatoms. The third-order valence-electron chi connectivity index (χ3n) is 1.90. The van der Waals surface area contributed by atoms with E-state index in [1.807, 2.05) is 0 Å². The van der Waals surface area contributed by atoms with E-state index in [1.54, 1.807) is 25.5 Å². The van der Waals surface area contributed by atoms with Crippen LogP contribution in [0.2, 0.25) is 0 Å². The van der Waals surface area contributed by atoms with E-state index in [0.29, 0.717) is 0 Å². The highest BCUT2D eigenvalue weighted by Gasteiger charge is 2.11. The molecule has 0 aliphatic rings. The molecule has 1 aromatic rings. The van der Waals surface area contributed by atoms with Crippen molar-refractivity contribution in [2.24, 2.45) is 0 Å². The summed E-state index contributed by atoms with van der Waals surface area (Å²) in [5.41, 5.74) is 0.750. The molecular weight excluding hydrogens is 218 g/mol. The number of nitrogens with one attached hydrogen (secondary N) is 2. The van der Waals surface area contributed by atoms with E-state index in [9.17, 15) is 9.59 Å². The molecule has 0 fully saturated rings. The molecule has 0 spiro atoms. The van der Waals surface area contributed by atoms with Gasteiger partial charge in [0.25, 0.3) is 0 Å². The second kappa shape index (κ2) is 5.41. The maximum absolute atomic E-state index is 11.5. The average Bonchev–Trinajstić information content (AvgIpc) is 2.77. The van der Waals surface area contributed by atoms with Gasteiger partial charge in [0.2, 0.25) is 11.8 Å². The van der Waals surface area contributed by atoms with Crippen LogP contribution in [0.1, 0.15) is 0 Å². The first kappa shape index (κ1) is 11.6. The Morgan fingerprint density at radius 1 is 1.60 bits per heavy atom. The van der Waals surface area contributed by atoms with Crippen molar-refractivity contribution >= 4 is 29.1 Å². The van der Waals surface area contributed by atoms with Gasteiger partial charge in [0.15, 0.2) is 0 Å². The van der Waals surface area contributed by atoms with E-state index in [4.69, 9.17) is 11.6 Å². The lowest BCUT2D eigenvalue weighted by Crippen LogP contribution is -2.38. The van der Waals surface area contributed by atoms with Crippen molar-refractivity contribution in [3.05, 3.63) is 18.5 Å². The van der Waals surface area contributed by atoms with Gasteiger partial charge < -0.3 is 15.2 Å². The lowest BCUT2D eigenvalue weighted by atomic mass is 10.4. The minimum atomic E-state index is -0.354. The number of carbonyl (C=O) groups excluding carboxylic acids is 2. The van der Waals surface area contributed by atoms with Gasteiger partial charge in [-0.2, -0.15) is 0 Å². The van der Waals surface area contributed by atoms with Crippen molar-refractivity contribution in [1.82, 2.24) is 10.3 Å². The van der Waals surface area contributed by atoms with Crippen LogP contribution in [-0.4, -0.2) is 36.3 Å². The van der Waals surface area contributed by atoms with Crippen LogP contribution in [0.5, 0.6) is 0 Å². The number of carbonyl (C=O) groups is 2. The molecule has 0 atom stereocenters. The van der Waals surface area contributed by atoms with Gasteiger partial charge in [-0.25, -0.2) is 0 Å². The Hall–Kier alpha value is -1.49. The van der Waals surface area contributed by atoms with Crippen molar-refractivity contribution in [2.45, 2.75) is 0 Å². The van der Waals surface area contributed by atoms with E-state index in [1.165, 1.54) is 4.90 Å². The molecule has 0 bridgehead atoms. The van der Waals surface area contributed by atoms with Gasteiger partial charge in [-0.05, 0) is 6.07 Å². The Balaban J connectivity index is 2.44. The molecule has 0 saturated carbocycles. The summed E-state index contributed by atoms with van der Waals surface area (Å²) in [5.74, 6) is -0.693. The fourth-order valence-corrected chi connectivity index (χ4v) is 1.10. The summed E-state index contributed by atoms with van der Waals surface area (Å²) in [5, 5.41) is 2.40. The van der Waals surface area contributed by atoms with Crippen molar-refractivity contribution < 1.29 is 9.59 Å². The summed E-state index contributed by atoms with van der Waals surface area (Å²) < 4.78 is 0. The van der Waals surface area contributed by atoms with Crippen LogP contribution in [0.15, 0.2) is 18.5 Å². The highest BCUT2D eigenvalue weighted by atomic mass is 35.5. The number of hydrogen-bond acceptors (Lipinski definition) is 2. The quantitative estimate of drug-likeness (QED) is 0.731. The lowest BCUT2D eigenvalue weighted by Gasteiger charge is -2.15. The van der Waals surface area contributed by atoms with Crippen molar-refractivity contribution in [3.63, 3.8) is 0 Å². The van der Waals surface area contributed by atoms with Crippen LogP contribution in [0.3, 0.4) is 0 Å². The monoisotopic (exact) mass is 229 g/mol. The van der Waals surface area contributed by atoms with Crippen LogP contribution >= 0.6 is 11.6 Å². The van der Waals surface area contributed by atoms with E-state index in [2.05, 4.69) is 10.3 Å². The Morgan fingerprint density at radius 3 is 2.87 bits per heavy atom. The lowest BCUT2D eigenvalue weighted by molar-refractivity contribution is -0.123. The summed E-state index contributed by atoms with van der Waals surface area (Å²) >= 11 is 5.27. The maximum atomic E-state index is 11.5. The van der Waals surface area contributed by atoms with Crippen molar-refractivity contribution in [1.29, 1.82) is 0 Å². The first-order chi connectivity index (χ1) is 7.15. The summed E-state index contributed by atoms with van der Waals surface area (Å²) in [6.07, 6.45) is 3.41. The molecule has 1 aromatic heterocycles. The van der Waals surface area contributed by atoms with Gasteiger partial charge in [-0.1, -0.05) is 0 Å². The number of aromatic amines is 1. The third-order valence-corrected chi connectivity index (χ3v) is 2.14. The molecule has 0 aromatic carbocycles. The molecule has 0 unspecified atom stereocenters. The average molecular weight is 230 g/mol. The number of anilines is 1. The van der Waals surface area contributed by atoms with E-state index in [-0.39, 0.29) is 24.2 Å². The Labute approximate surface area is 92.4 Å². The molecular formula is C9H12ClN3O2. The number of aromatic nitrogens is 1. The zero-order valence-corrected chi connectivity index (χ0v) is 9.04. The SMILES string of the molecule is CN(C(=O)CNC(=O)CCl)c1cc[nH]c1. The van der Waals surface area contributed by atoms with Crippen molar-refractivity contribution in [3.8, 4) is 0 Å². The summed E-state index contributed by atoms with van der Waals surface area (Å²) in [4.78, 5) is 26.6. The van der Waals surface area contributed by atoms with Gasteiger partial charge in [0.05, 0.1) is 12.2 Å². The third kappa shape index (κ3) is 3.28. The van der Waals surface area contributed by atoms with Gasteiger partial charge in [-0.15, -0.1) is 11.6 Å². The second-order valence-electron chi connectivity index (χ2n) is 2.93. The molecule has 0 aliphatic carbocycles. The van der Waals surface area contributed by atoms with Gasteiger partial charge in [0, 0.05) is 19.4 Å². The molecule has 0 radical (unpaired) electrons. The van der Waals surface area contributed by atoms with Crippen LogP contribution in [0, 0.1) is 0 Å². The molecule has 15 heavy (non-hydrogen) atoms. The van der Waals surface area contributed by atoms with Gasteiger partial charge >= 0.3 is 0 Å². The highest BCUT2D eigenvalue weighted by Crippen LogP contribution is 2.09. The first-order valence-electron chi connectivity index (χ1n) is 4.37. The normalized spacial score (nSPS) is 9.73. The standard InChI is InChI=1S/C9H12ClN3O2/c1-13(7-2-3-11-5-7)9(15)6-12-8(14)4-10/h2-3,5,11H,4,6H2,1H3,(H,12,14). The molecule has 5 nitrogen and oxygen atoms in total. The number of halogens is 1. The first-order valence-corrected chi connectivity index (χ1v) is 4.90. The number of nitrogens with zero attached hydrogens (tertiary/aromatic N) is 1. The molecule has 82 valence electrons. The molecule has 1 rings (SSSR count). The number of alkyl halides is 1. The van der Waals surface area contributed by atoms with Gasteiger partial charge in [0.1, 0.15) is 5.88 Å². The molecule has 1 heterocycles. The molecule has 0 saturated heterocycles. The predicted octanol–water partition coefficient (Wildman–Crippen LogP) is 0.332. The number of hydrogen-bond donors (Lipinski definition) is 2. The molecule has 0 aliphatic heterocycles. The van der Waals surface area contributed by atoms with E-state index in [0.717, 1.165) is 5.69 Å². The number of amides is 2. The number of rotatable bonds is 4. The Kier molecular flexibility index (Phi) is 4.17. The Bertz CT molecular complexity index is 337. The zero-order chi connectivity index (χ0) is 11.3. The topological polar surface area (TPSA) is 65.2 Å². The van der Waals surface area contributed by atoms with Crippen LogP contribution in [0.4, 0.5) is 5.69 Å². The Morgan fingerprint density at radius 2 is 2.33 bits per heavy atom. The van der Waals surface area contributed by atoms with E-state index < -0.39 is 0 Å². The fourth-order valence-electron chi connectivity index (χ4n) is 1.01. The van der Waals surface area contributed by atoms with E-state index >= 15 is 0 Å². The minimum absolute atomic E-state index is 0.0484. The molecule has 2 amide bonds.